The van der Waals surface area contributed by atoms with Gasteiger partial charge in [0.25, 0.3) is 0 Å². The van der Waals surface area contributed by atoms with Gasteiger partial charge in [0.1, 0.15) is 42.3 Å². The number of aromatic amines is 2. The van der Waals surface area contributed by atoms with Gasteiger partial charge in [0.2, 0.25) is 53.2 Å². The number of nitrogens with one attached hydrogen (secondary N) is 10. The number of primary amides is 1. The summed E-state index contributed by atoms with van der Waals surface area (Å²) < 4.78 is 0. The van der Waals surface area contributed by atoms with Crippen LogP contribution >= 0.6 is 25.3 Å². The highest BCUT2D eigenvalue weighted by atomic mass is 32.1. The molecule has 0 fully saturated rings. The molecule has 0 unspecified atom stereocenters. The number of benzene rings is 2. The van der Waals surface area contributed by atoms with Gasteiger partial charge < -0.3 is 69.7 Å². The molecule has 26 heteroatoms. The van der Waals surface area contributed by atoms with Gasteiger partial charge in [-0.3, -0.25) is 48.1 Å². The summed E-state index contributed by atoms with van der Waals surface area (Å²) in [6.07, 6.45) is 6.03. The third kappa shape index (κ3) is 19.4. The van der Waals surface area contributed by atoms with E-state index in [1.807, 2.05) is 31.2 Å². The maximum Gasteiger partial charge on any atom is 0.243 e. The number of carbonyl (C=O) groups excluding carboxylic acids is 9. The summed E-state index contributed by atoms with van der Waals surface area (Å²) in [5.41, 5.74) is 19.1. The fourth-order valence-electron chi connectivity index (χ4n) is 7.61. The molecule has 9 amide bonds. The molecular weight excluding hydrogens is 995 g/mol. The molecule has 0 radical (unpaired) electrons. The van der Waals surface area contributed by atoms with Crippen LogP contribution in [0.15, 0.2) is 78.3 Å². The van der Waals surface area contributed by atoms with Crippen molar-refractivity contribution in [2.24, 2.45) is 22.2 Å². The van der Waals surface area contributed by atoms with Crippen molar-refractivity contribution in [2.45, 2.75) is 108 Å². The van der Waals surface area contributed by atoms with Crippen molar-refractivity contribution < 1.29 is 43.2 Å². The van der Waals surface area contributed by atoms with E-state index >= 15 is 0 Å². The first-order valence-corrected chi connectivity index (χ1v) is 25.2. The van der Waals surface area contributed by atoms with E-state index in [1.165, 1.54) is 19.4 Å². The molecule has 400 valence electrons. The van der Waals surface area contributed by atoms with Crippen LogP contribution in [0.5, 0.6) is 0 Å². The largest absolute Gasteiger partial charge is 0.370 e. The quantitative estimate of drug-likeness (QED) is 0.0113. The Kier molecular flexibility index (Phi) is 24.2. The smallest absolute Gasteiger partial charge is 0.243 e. The number of guanidine groups is 1. The summed E-state index contributed by atoms with van der Waals surface area (Å²) in [7, 11) is 0. The molecule has 24 nitrogen and oxygen atoms in total. The van der Waals surface area contributed by atoms with Crippen molar-refractivity contribution >= 4 is 95.3 Å². The second-order valence-corrected chi connectivity index (χ2v) is 18.0. The standard InChI is InChI=1S/C48H67N15O9S2/c1-3-4-14-33(57-27(2)64)43(68)63-39(25-74)42(67)55-23-40(65)58-37(20-30-22-52-26-56-30)47(72)60-35(18-28-11-6-5-7-12-28)45(70)59-34(16-10-17-53-48(50)51)44(69)61-36(46(71)62-38(24-73)41(49)66)19-29-21-54-32-15-9-8-13-31(29)32/h5-9,11-13,15,21-22,26,33-39,54,73-74H,3-4,10,14,16-20,23-25H2,1-2H3,(H2,49,66)(H,52,56)(H,55,67)(H,57,64)(H,58,65)(H,59,70)(H,60,72)(H,61,69)(H,62,71)(H,63,68)(H4,50,51,53)/t33-,34-,35+,36-,37-,38+,39-/m0/s1. The average molecular weight is 1060 g/mol. The van der Waals surface area contributed by atoms with Gasteiger partial charge in [-0.1, -0.05) is 68.3 Å². The second kappa shape index (κ2) is 30.4. The maximum atomic E-state index is 14.6. The number of para-hydroxylation sites is 1. The Hall–Kier alpha value is -7.61. The number of aromatic nitrogens is 3. The molecule has 0 aliphatic carbocycles. The summed E-state index contributed by atoms with van der Waals surface area (Å²) in [5, 5.41) is 21.7. The summed E-state index contributed by atoms with van der Waals surface area (Å²) in [5.74, 6) is -7.14. The minimum absolute atomic E-state index is 0.0556. The van der Waals surface area contributed by atoms with Gasteiger partial charge >= 0.3 is 0 Å². The number of carbonyl (C=O) groups is 9. The van der Waals surface area contributed by atoms with E-state index in [0.717, 1.165) is 17.3 Å². The minimum Gasteiger partial charge on any atom is -0.370 e. The van der Waals surface area contributed by atoms with E-state index in [9.17, 15) is 43.2 Å². The lowest BCUT2D eigenvalue weighted by Crippen LogP contribution is -2.60. The lowest BCUT2D eigenvalue weighted by atomic mass is 10.0. The van der Waals surface area contributed by atoms with Gasteiger partial charge in [0.15, 0.2) is 5.96 Å². The zero-order chi connectivity index (χ0) is 54.2. The summed E-state index contributed by atoms with van der Waals surface area (Å²) >= 11 is 8.34. The Balaban J connectivity index is 1.58. The third-order valence-corrected chi connectivity index (χ3v) is 12.2. The number of rotatable bonds is 31. The number of imidazole rings is 1. The van der Waals surface area contributed by atoms with Gasteiger partial charge in [-0.05, 0) is 36.5 Å². The molecule has 0 saturated heterocycles. The SMILES string of the molecule is CCCC[C@H](NC(C)=O)C(=O)N[C@@H](CS)C(=O)NCC(=O)N[C@@H](Cc1cnc[nH]1)C(=O)N[C@H](Cc1ccccc1)C(=O)N[C@@H](CCCN=C(N)N)C(=O)N[C@@H](Cc1c[nH]c2ccccc12)C(=O)N[C@H](CS)C(N)=O. The average Bonchev–Trinajstić information content (AvgIpc) is 4.05. The molecule has 16 N–H and O–H groups in total. The van der Waals surface area contributed by atoms with Crippen LogP contribution in [0.25, 0.3) is 10.9 Å². The Morgan fingerprint density at radius 1 is 0.622 bits per heavy atom. The molecule has 4 aromatic rings. The van der Waals surface area contributed by atoms with Crippen LogP contribution in [-0.2, 0) is 62.4 Å². The first-order chi connectivity index (χ1) is 35.4. The van der Waals surface area contributed by atoms with Gasteiger partial charge in [-0.15, -0.1) is 0 Å². The topological polar surface area (TPSA) is 385 Å². The number of fused-ring (bicyclic) bond motifs is 1. The van der Waals surface area contributed by atoms with Gasteiger partial charge in [0, 0.05) is 73.2 Å². The number of thiol groups is 2. The van der Waals surface area contributed by atoms with Crippen LogP contribution in [0.3, 0.4) is 0 Å². The fourth-order valence-corrected chi connectivity index (χ4v) is 8.14. The number of nitrogens with zero attached hydrogens (tertiary/aromatic N) is 2. The van der Waals surface area contributed by atoms with E-state index in [0.29, 0.717) is 29.7 Å². The number of hydrogen-bond donors (Lipinski definition) is 15. The van der Waals surface area contributed by atoms with Crippen LogP contribution in [0.2, 0.25) is 0 Å². The Morgan fingerprint density at radius 3 is 1.77 bits per heavy atom. The Labute approximate surface area is 438 Å². The number of hydrogen-bond acceptors (Lipinski definition) is 13. The zero-order valence-electron chi connectivity index (χ0n) is 41.2. The molecule has 2 aromatic carbocycles. The monoisotopic (exact) mass is 1060 g/mol. The number of H-pyrrole nitrogens is 2. The Bertz CT molecular complexity index is 2560. The van der Waals surface area contributed by atoms with Gasteiger partial charge in [0.05, 0.1) is 12.9 Å². The highest BCUT2D eigenvalue weighted by Gasteiger charge is 2.34. The minimum atomic E-state index is -1.38. The molecule has 0 spiro atoms. The molecule has 0 aliphatic heterocycles. The Morgan fingerprint density at radius 2 is 1.18 bits per heavy atom. The molecule has 2 aromatic heterocycles. The van der Waals surface area contributed by atoms with Gasteiger partial charge in [-0.2, -0.15) is 25.3 Å². The molecule has 0 aliphatic rings. The number of aliphatic imine (C=N–C) groups is 1. The molecule has 7 atom stereocenters. The first-order valence-electron chi connectivity index (χ1n) is 23.9. The molecule has 74 heavy (non-hydrogen) atoms. The summed E-state index contributed by atoms with van der Waals surface area (Å²) in [6, 6.07) is 7.30. The third-order valence-electron chi connectivity index (χ3n) is 11.5. The normalized spacial score (nSPS) is 13.8. The lowest BCUT2D eigenvalue weighted by molar-refractivity contribution is -0.135. The molecule has 2 heterocycles. The van der Waals surface area contributed by atoms with E-state index in [2.05, 4.69) is 87.7 Å². The highest BCUT2D eigenvalue weighted by molar-refractivity contribution is 7.80. The highest BCUT2D eigenvalue weighted by Crippen LogP contribution is 2.20. The zero-order valence-corrected chi connectivity index (χ0v) is 42.9. The van der Waals surface area contributed by atoms with E-state index in [1.54, 1.807) is 36.5 Å². The van der Waals surface area contributed by atoms with E-state index < -0.39 is 102 Å². The maximum absolute atomic E-state index is 14.6. The van der Waals surface area contributed by atoms with Crippen molar-refractivity contribution in [2.75, 3.05) is 24.6 Å². The van der Waals surface area contributed by atoms with Crippen molar-refractivity contribution in [3.8, 4) is 0 Å². The fraction of sp³-hybridized carbons (Fsp3) is 0.438. The summed E-state index contributed by atoms with van der Waals surface area (Å²) in [6.45, 7) is 2.62. The molecule has 0 saturated carbocycles. The number of amides is 9. The lowest BCUT2D eigenvalue weighted by Gasteiger charge is -2.27. The number of unbranched alkanes of at least 4 members (excludes halogenated alkanes) is 1. The van der Waals surface area contributed by atoms with Crippen LogP contribution in [0.1, 0.15) is 62.8 Å². The van der Waals surface area contributed by atoms with Gasteiger partial charge in [-0.25, -0.2) is 4.98 Å². The first kappa shape index (κ1) is 59.0. The van der Waals surface area contributed by atoms with Crippen LogP contribution in [-0.4, -0.2) is 141 Å². The molecule has 0 bridgehead atoms. The van der Waals surface area contributed by atoms with E-state index in [-0.39, 0.29) is 56.1 Å². The summed E-state index contributed by atoms with van der Waals surface area (Å²) in [4.78, 5) is 135. The van der Waals surface area contributed by atoms with E-state index in [4.69, 9.17) is 17.2 Å². The van der Waals surface area contributed by atoms with Crippen molar-refractivity contribution in [3.05, 3.63) is 90.1 Å². The van der Waals surface area contributed by atoms with Crippen LogP contribution in [0.4, 0.5) is 0 Å². The van der Waals surface area contributed by atoms with Crippen molar-refractivity contribution in [1.82, 2.24) is 57.5 Å². The van der Waals surface area contributed by atoms with Crippen LogP contribution in [0, 0.1) is 0 Å². The molecular formula is C48H67N15O9S2. The van der Waals surface area contributed by atoms with Crippen molar-refractivity contribution in [1.29, 1.82) is 0 Å². The van der Waals surface area contributed by atoms with Crippen LogP contribution < -0.4 is 59.7 Å². The predicted molar refractivity (Wildman–Crippen MR) is 283 cm³/mol. The van der Waals surface area contributed by atoms with Crippen molar-refractivity contribution in [3.63, 3.8) is 0 Å². The predicted octanol–water partition coefficient (Wildman–Crippen LogP) is -1.96. The second-order valence-electron chi connectivity index (χ2n) is 17.3. The number of nitrogens with two attached hydrogens (primary N) is 3. The molecule has 4 rings (SSSR count).